The molecule has 0 saturated carbocycles. The highest BCUT2D eigenvalue weighted by Crippen LogP contribution is 2.15. The molecule has 0 aliphatic carbocycles. The third kappa shape index (κ3) is 5.04. The second-order valence-electron chi connectivity index (χ2n) is 5.04. The van der Waals surface area contributed by atoms with Crippen LogP contribution in [0.4, 0.5) is 5.69 Å². The molecule has 1 aromatic carbocycles. The van der Waals surface area contributed by atoms with Crippen molar-refractivity contribution in [3.63, 3.8) is 0 Å². The number of carbonyl (C=O) groups excluding carboxylic acids is 3. The van der Waals surface area contributed by atoms with Crippen molar-refractivity contribution >= 4 is 23.5 Å². The van der Waals surface area contributed by atoms with Crippen molar-refractivity contribution in [2.75, 3.05) is 14.2 Å². The molecule has 130 valence electrons. The molecule has 0 saturated heterocycles. The van der Waals surface area contributed by atoms with Gasteiger partial charge in [0, 0.05) is 17.7 Å². The highest BCUT2D eigenvalue weighted by molar-refractivity contribution is 5.97. The molecule has 1 rings (SSSR count). The maximum Gasteiger partial charge on any atom is 0.328 e. The number of esters is 2. The third-order valence-electron chi connectivity index (χ3n) is 3.35. The number of benzene rings is 1. The van der Waals surface area contributed by atoms with Gasteiger partial charge in [0.1, 0.15) is 6.04 Å². The third-order valence-corrected chi connectivity index (χ3v) is 3.35. The monoisotopic (exact) mass is 338 g/mol. The standard InChI is InChI=1S/C15H18N2O7/c1-9(7-12(18)23-2)13(15(20)24-3)16-14(19)10-5-4-6-11(8-10)17(21)22/h4-6,8-9,13H,7H2,1-3H3,(H,16,19)/t9-,13+/m1/s1. The second kappa shape index (κ2) is 8.61. The zero-order chi connectivity index (χ0) is 18.3. The average molecular weight is 338 g/mol. The number of nitrogens with one attached hydrogen (secondary N) is 1. The fourth-order valence-corrected chi connectivity index (χ4v) is 2.01. The molecular weight excluding hydrogens is 320 g/mol. The zero-order valence-electron chi connectivity index (χ0n) is 13.5. The van der Waals surface area contributed by atoms with Gasteiger partial charge in [0.05, 0.1) is 25.6 Å². The first kappa shape index (κ1) is 19.1. The van der Waals surface area contributed by atoms with E-state index in [1.165, 1.54) is 25.3 Å². The number of hydrogen-bond acceptors (Lipinski definition) is 7. The molecular formula is C15H18N2O7. The number of non-ortho nitro benzene ring substituents is 1. The largest absolute Gasteiger partial charge is 0.469 e. The summed E-state index contributed by atoms with van der Waals surface area (Å²) in [6, 6.07) is 3.98. The number of rotatable bonds is 7. The lowest BCUT2D eigenvalue weighted by atomic mass is 9.97. The van der Waals surface area contributed by atoms with E-state index in [1.54, 1.807) is 6.92 Å². The number of hydrogen-bond donors (Lipinski definition) is 1. The van der Waals surface area contributed by atoms with Crippen molar-refractivity contribution in [2.24, 2.45) is 5.92 Å². The summed E-state index contributed by atoms with van der Waals surface area (Å²) in [5.41, 5.74) is -0.233. The maximum absolute atomic E-state index is 12.3. The summed E-state index contributed by atoms with van der Waals surface area (Å²) in [4.78, 5) is 45.6. The van der Waals surface area contributed by atoms with Crippen molar-refractivity contribution in [1.82, 2.24) is 5.32 Å². The summed E-state index contributed by atoms with van der Waals surface area (Å²) >= 11 is 0. The smallest absolute Gasteiger partial charge is 0.328 e. The molecule has 24 heavy (non-hydrogen) atoms. The molecule has 0 aliphatic rings. The van der Waals surface area contributed by atoms with Gasteiger partial charge in [-0.1, -0.05) is 13.0 Å². The van der Waals surface area contributed by atoms with E-state index in [9.17, 15) is 24.5 Å². The van der Waals surface area contributed by atoms with Crippen LogP contribution in [0.5, 0.6) is 0 Å². The summed E-state index contributed by atoms with van der Waals surface area (Å²) < 4.78 is 9.17. The molecule has 0 aliphatic heterocycles. The van der Waals surface area contributed by atoms with Crippen LogP contribution in [0.3, 0.4) is 0 Å². The highest BCUT2D eigenvalue weighted by atomic mass is 16.6. The number of carbonyl (C=O) groups is 3. The van der Waals surface area contributed by atoms with Gasteiger partial charge in [0.25, 0.3) is 11.6 Å². The first-order valence-electron chi connectivity index (χ1n) is 7.00. The Balaban J connectivity index is 2.95. The SMILES string of the molecule is COC(=O)C[C@@H](C)[C@H](NC(=O)c1cccc([N+](=O)[O-])c1)C(=O)OC. The first-order chi connectivity index (χ1) is 11.3. The van der Waals surface area contributed by atoms with Gasteiger partial charge in [-0.05, 0) is 12.0 Å². The van der Waals surface area contributed by atoms with E-state index in [-0.39, 0.29) is 17.7 Å². The van der Waals surface area contributed by atoms with Crippen molar-refractivity contribution in [3.05, 3.63) is 39.9 Å². The molecule has 0 spiro atoms. The van der Waals surface area contributed by atoms with Crippen molar-refractivity contribution in [1.29, 1.82) is 0 Å². The predicted octanol–water partition coefficient (Wildman–Crippen LogP) is 1.07. The Kier molecular flexibility index (Phi) is 6.84. The number of nitro benzene ring substituents is 1. The lowest BCUT2D eigenvalue weighted by Gasteiger charge is -2.22. The van der Waals surface area contributed by atoms with Crippen molar-refractivity contribution < 1.29 is 28.8 Å². The minimum Gasteiger partial charge on any atom is -0.469 e. The Morgan fingerprint density at radius 2 is 1.92 bits per heavy atom. The van der Waals surface area contributed by atoms with Crippen LogP contribution in [0, 0.1) is 16.0 Å². The second-order valence-corrected chi connectivity index (χ2v) is 5.04. The maximum atomic E-state index is 12.3. The van der Waals surface area contributed by atoms with Gasteiger partial charge >= 0.3 is 11.9 Å². The van der Waals surface area contributed by atoms with E-state index in [1.807, 2.05) is 0 Å². The van der Waals surface area contributed by atoms with Gasteiger partial charge < -0.3 is 14.8 Å². The van der Waals surface area contributed by atoms with E-state index in [0.29, 0.717) is 0 Å². The van der Waals surface area contributed by atoms with Crippen LogP contribution in [0.25, 0.3) is 0 Å². The van der Waals surface area contributed by atoms with Crippen LogP contribution >= 0.6 is 0 Å². The molecule has 0 aromatic heterocycles. The Morgan fingerprint density at radius 3 is 2.46 bits per heavy atom. The molecule has 0 radical (unpaired) electrons. The number of ether oxygens (including phenoxy) is 2. The van der Waals surface area contributed by atoms with Gasteiger partial charge in [-0.2, -0.15) is 0 Å². The van der Waals surface area contributed by atoms with Crippen LogP contribution < -0.4 is 5.32 Å². The molecule has 0 unspecified atom stereocenters. The summed E-state index contributed by atoms with van der Waals surface area (Å²) in [5, 5.41) is 13.2. The summed E-state index contributed by atoms with van der Waals surface area (Å²) in [6.45, 7) is 1.58. The fourth-order valence-electron chi connectivity index (χ4n) is 2.01. The molecule has 1 amide bonds. The lowest BCUT2D eigenvalue weighted by Crippen LogP contribution is -2.46. The summed E-state index contributed by atoms with van der Waals surface area (Å²) in [5.74, 6) is -2.55. The molecule has 0 fully saturated rings. The van der Waals surface area contributed by atoms with E-state index in [4.69, 9.17) is 0 Å². The Morgan fingerprint density at radius 1 is 1.25 bits per heavy atom. The van der Waals surface area contributed by atoms with Crippen LogP contribution in [0.15, 0.2) is 24.3 Å². The molecule has 1 N–H and O–H groups in total. The average Bonchev–Trinajstić information content (AvgIpc) is 2.58. The summed E-state index contributed by atoms with van der Waals surface area (Å²) in [7, 11) is 2.36. The van der Waals surface area contributed by atoms with Crippen LogP contribution in [0.2, 0.25) is 0 Å². The Bertz CT molecular complexity index is 644. The van der Waals surface area contributed by atoms with Crippen LogP contribution in [0.1, 0.15) is 23.7 Å². The van der Waals surface area contributed by atoms with E-state index < -0.39 is 34.7 Å². The molecule has 2 atom stereocenters. The number of amides is 1. The Hall–Kier alpha value is -2.97. The van der Waals surface area contributed by atoms with Gasteiger partial charge in [-0.3, -0.25) is 19.7 Å². The van der Waals surface area contributed by atoms with Crippen LogP contribution in [-0.2, 0) is 19.1 Å². The number of methoxy groups -OCH3 is 2. The summed E-state index contributed by atoms with van der Waals surface area (Å²) in [6.07, 6.45) is -0.106. The van der Waals surface area contributed by atoms with Gasteiger partial charge in [-0.25, -0.2) is 4.79 Å². The van der Waals surface area contributed by atoms with Crippen molar-refractivity contribution in [3.8, 4) is 0 Å². The minimum atomic E-state index is -1.10. The van der Waals surface area contributed by atoms with Gasteiger partial charge in [-0.15, -0.1) is 0 Å². The minimum absolute atomic E-state index is 0.0170. The molecule has 9 heteroatoms. The lowest BCUT2D eigenvalue weighted by molar-refractivity contribution is -0.384. The van der Waals surface area contributed by atoms with Crippen molar-refractivity contribution in [2.45, 2.75) is 19.4 Å². The predicted molar refractivity (Wildman–Crippen MR) is 82.2 cm³/mol. The molecule has 0 heterocycles. The number of nitro groups is 1. The first-order valence-corrected chi connectivity index (χ1v) is 7.00. The van der Waals surface area contributed by atoms with E-state index >= 15 is 0 Å². The molecule has 0 bridgehead atoms. The zero-order valence-corrected chi connectivity index (χ0v) is 13.5. The van der Waals surface area contributed by atoms with Gasteiger partial charge in [0.15, 0.2) is 0 Å². The molecule has 9 nitrogen and oxygen atoms in total. The normalized spacial score (nSPS) is 12.6. The fraction of sp³-hybridized carbons (Fsp3) is 0.400. The highest BCUT2D eigenvalue weighted by Gasteiger charge is 2.30. The molecule has 1 aromatic rings. The van der Waals surface area contributed by atoms with Gasteiger partial charge in [0.2, 0.25) is 0 Å². The quantitative estimate of drug-likeness (QED) is 0.448. The topological polar surface area (TPSA) is 125 Å². The Labute approximate surface area is 138 Å². The number of nitrogens with zero attached hydrogens (tertiary/aromatic N) is 1. The van der Waals surface area contributed by atoms with E-state index in [2.05, 4.69) is 14.8 Å². The van der Waals surface area contributed by atoms with E-state index in [0.717, 1.165) is 13.2 Å². The van der Waals surface area contributed by atoms with Crippen LogP contribution in [-0.4, -0.2) is 43.0 Å².